The van der Waals surface area contributed by atoms with E-state index in [9.17, 15) is 8.78 Å². The average molecular weight is 230 g/mol. The summed E-state index contributed by atoms with van der Waals surface area (Å²) < 4.78 is 34.6. The second-order valence-corrected chi connectivity index (χ2v) is 4.55. The standard InChI is InChI=1S/C11H12F2O2.CH4/c1-10(2,3)7-5-4-6-8-9(7)15-11(12,13)14-8;/h4-6H,1-3H3;1H4. The fourth-order valence-electron chi connectivity index (χ4n) is 1.56. The van der Waals surface area contributed by atoms with E-state index in [1.807, 2.05) is 20.8 Å². The van der Waals surface area contributed by atoms with E-state index in [1.54, 1.807) is 12.1 Å². The van der Waals surface area contributed by atoms with Crippen LogP contribution in [0.2, 0.25) is 0 Å². The Bertz CT molecular complexity index is 394. The van der Waals surface area contributed by atoms with Crippen molar-refractivity contribution < 1.29 is 18.3 Å². The first-order valence-electron chi connectivity index (χ1n) is 4.69. The summed E-state index contributed by atoms with van der Waals surface area (Å²) in [6.07, 6.45) is -3.54. The maximum atomic E-state index is 12.9. The van der Waals surface area contributed by atoms with Gasteiger partial charge >= 0.3 is 6.29 Å². The van der Waals surface area contributed by atoms with Crippen molar-refractivity contribution in [2.24, 2.45) is 0 Å². The molecule has 2 rings (SSSR count). The van der Waals surface area contributed by atoms with E-state index < -0.39 is 6.29 Å². The van der Waals surface area contributed by atoms with Crippen LogP contribution in [0.5, 0.6) is 11.5 Å². The van der Waals surface area contributed by atoms with Gasteiger partial charge in [0.25, 0.3) is 0 Å². The molecule has 1 aromatic rings. The Labute approximate surface area is 94.2 Å². The Kier molecular flexibility index (Phi) is 2.88. The highest BCUT2D eigenvalue weighted by Crippen LogP contribution is 2.46. The van der Waals surface area contributed by atoms with Gasteiger partial charge in [-0.1, -0.05) is 40.3 Å². The van der Waals surface area contributed by atoms with Gasteiger partial charge in [0.1, 0.15) is 0 Å². The molecule has 0 aliphatic carbocycles. The Hall–Kier alpha value is -1.32. The molecular weight excluding hydrogens is 214 g/mol. The summed E-state index contributed by atoms with van der Waals surface area (Å²) in [5.41, 5.74) is 0.465. The van der Waals surface area contributed by atoms with Gasteiger partial charge < -0.3 is 9.47 Å². The maximum Gasteiger partial charge on any atom is 0.586 e. The third-order valence-electron chi connectivity index (χ3n) is 2.24. The normalized spacial score (nSPS) is 16.8. The van der Waals surface area contributed by atoms with Gasteiger partial charge in [0, 0.05) is 5.56 Å². The number of rotatable bonds is 0. The Morgan fingerprint density at radius 1 is 1.12 bits per heavy atom. The number of para-hydroxylation sites is 1. The number of ether oxygens (including phenoxy) is 2. The summed E-state index contributed by atoms with van der Waals surface area (Å²) in [7, 11) is 0. The third-order valence-corrected chi connectivity index (χ3v) is 2.24. The van der Waals surface area contributed by atoms with Crippen LogP contribution in [0.3, 0.4) is 0 Å². The van der Waals surface area contributed by atoms with E-state index in [1.165, 1.54) is 6.07 Å². The molecule has 0 radical (unpaired) electrons. The van der Waals surface area contributed by atoms with E-state index in [-0.39, 0.29) is 24.3 Å². The fraction of sp³-hybridized carbons (Fsp3) is 0.500. The first-order valence-corrected chi connectivity index (χ1v) is 4.69. The molecule has 0 amide bonds. The summed E-state index contributed by atoms with van der Waals surface area (Å²) in [4.78, 5) is 0. The van der Waals surface area contributed by atoms with Gasteiger partial charge in [-0.05, 0) is 11.5 Å². The van der Waals surface area contributed by atoms with Crippen molar-refractivity contribution in [3.8, 4) is 11.5 Å². The van der Waals surface area contributed by atoms with E-state index in [2.05, 4.69) is 9.47 Å². The van der Waals surface area contributed by atoms with Crippen molar-refractivity contribution in [2.75, 3.05) is 0 Å². The number of halogens is 2. The van der Waals surface area contributed by atoms with Crippen LogP contribution >= 0.6 is 0 Å². The highest BCUT2D eigenvalue weighted by atomic mass is 19.3. The summed E-state index contributed by atoms with van der Waals surface area (Å²) >= 11 is 0. The number of hydrogen-bond donors (Lipinski definition) is 0. The largest absolute Gasteiger partial charge is 0.586 e. The Morgan fingerprint density at radius 2 is 1.75 bits per heavy atom. The average Bonchev–Trinajstić information content (AvgIpc) is 2.35. The first-order chi connectivity index (χ1) is 6.80. The number of hydrogen-bond acceptors (Lipinski definition) is 2. The molecule has 0 saturated heterocycles. The van der Waals surface area contributed by atoms with Crippen LogP contribution in [0.1, 0.15) is 33.8 Å². The molecule has 2 nitrogen and oxygen atoms in total. The Balaban J connectivity index is 0.00000128. The maximum absolute atomic E-state index is 12.9. The zero-order chi connectivity index (χ0) is 11.3. The highest BCUT2D eigenvalue weighted by Gasteiger charge is 2.45. The summed E-state index contributed by atoms with van der Waals surface area (Å²) in [5.74, 6) is 0.252. The number of benzene rings is 1. The van der Waals surface area contributed by atoms with Gasteiger partial charge in [-0.25, -0.2) is 0 Å². The first kappa shape index (κ1) is 12.7. The monoisotopic (exact) mass is 230 g/mol. The second kappa shape index (κ2) is 3.61. The van der Waals surface area contributed by atoms with Crippen molar-refractivity contribution in [3.63, 3.8) is 0 Å². The van der Waals surface area contributed by atoms with Crippen LogP contribution < -0.4 is 9.47 Å². The zero-order valence-corrected chi connectivity index (χ0v) is 8.80. The second-order valence-electron chi connectivity index (χ2n) is 4.55. The van der Waals surface area contributed by atoms with Crippen LogP contribution in [0.15, 0.2) is 18.2 Å². The molecule has 0 atom stereocenters. The smallest absolute Gasteiger partial charge is 0.395 e. The van der Waals surface area contributed by atoms with Crippen molar-refractivity contribution in [1.29, 1.82) is 0 Å². The fourth-order valence-corrected chi connectivity index (χ4v) is 1.56. The topological polar surface area (TPSA) is 18.5 Å². The molecular formula is C12H16F2O2. The molecule has 16 heavy (non-hydrogen) atoms. The molecule has 0 unspecified atom stereocenters. The summed E-state index contributed by atoms with van der Waals surface area (Å²) in [6.45, 7) is 5.80. The number of alkyl halides is 2. The predicted octanol–water partition coefficient (Wildman–Crippen LogP) is 3.94. The van der Waals surface area contributed by atoms with Gasteiger partial charge in [0.15, 0.2) is 11.5 Å². The van der Waals surface area contributed by atoms with E-state index in [0.29, 0.717) is 0 Å². The van der Waals surface area contributed by atoms with Crippen molar-refractivity contribution >= 4 is 0 Å². The molecule has 1 aliphatic heterocycles. The van der Waals surface area contributed by atoms with Gasteiger partial charge in [-0.2, -0.15) is 0 Å². The molecule has 0 aromatic heterocycles. The van der Waals surface area contributed by atoms with Crippen molar-refractivity contribution in [1.82, 2.24) is 0 Å². The van der Waals surface area contributed by atoms with Crippen LogP contribution in [-0.4, -0.2) is 6.29 Å². The van der Waals surface area contributed by atoms with E-state index in [4.69, 9.17) is 0 Å². The van der Waals surface area contributed by atoms with Crippen molar-refractivity contribution in [3.05, 3.63) is 23.8 Å². The van der Waals surface area contributed by atoms with Crippen LogP contribution in [0, 0.1) is 0 Å². The summed E-state index contributed by atoms with van der Waals surface area (Å²) in [6, 6.07) is 4.93. The van der Waals surface area contributed by atoms with Gasteiger partial charge in [0.05, 0.1) is 0 Å². The molecule has 4 heteroatoms. The molecule has 1 heterocycles. The molecule has 90 valence electrons. The minimum atomic E-state index is -3.54. The minimum absolute atomic E-state index is 0. The molecule has 0 spiro atoms. The lowest BCUT2D eigenvalue weighted by Crippen LogP contribution is -2.26. The minimum Gasteiger partial charge on any atom is -0.395 e. The number of fused-ring (bicyclic) bond motifs is 1. The molecule has 0 saturated carbocycles. The molecule has 0 fully saturated rings. The van der Waals surface area contributed by atoms with Crippen LogP contribution in [0.25, 0.3) is 0 Å². The zero-order valence-electron chi connectivity index (χ0n) is 8.80. The molecule has 0 bridgehead atoms. The van der Waals surface area contributed by atoms with Gasteiger partial charge in [0.2, 0.25) is 0 Å². The molecule has 1 aromatic carbocycles. The quantitative estimate of drug-likeness (QED) is 0.672. The third kappa shape index (κ3) is 2.10. The lowest BCUT2D eigenvalue weighted by atomic mass is 9.86. The van der Waals surface area contributed by atoms with Gasteiger partial charge in [-0.3, -0.25) is 0 Å². The predicted molar refractivity (Wildman–Crippen MR) is 58.1 cm³/mol. The SMILES string of the molecule is C.CC(C)(C)c1cccc2c1OC(F)(F)O2. The van der Waals surface area contributed by atoms with Gasteiger partial charge in [-0.15, -0.1) is 8.78 Å². The van der Waals surface area contributed by atoms with Crippen molar-refractivity contribution in [2.45, 2.75) is 39.9 Å². The van der Waals surface area contributed by atoms with E-state index in [0.717, 1.165) is 5.56 Å². The van der Waals surface area contributed by atoms with Crippen LogP contribution in [0.4, 0.5) is 8.78 Å². The van der Waals surface area contributed by atoms with Crippen LogP contribution in [-0.2, 0) is 5.41 Å². The lowest BCUT2D eigenvalue weighted by molar-refractivity contribution is -0.287. The molecule has 1 aliphatic rings. The molecule has 0 N–H and O–H groups in total. The Morgan fingerprint density at radius 3 is 2.31 bits per heavy atom. The highest BCUT2D eigenvalue weighted by molar-refractivity contribution is 5.51. The van der Waals surface area contributed by atoms with E-state index >= 15 is 0 Å². The lowest BCUT2D eigenvalue weighted by Gasteiger charge is -2.20. The summed E-state index contributed by atoms with van der Waals surface area (Å²) in [5, 5.41) is 0.